The van der Waals surface area contributed by atoms with Gasteiger partial charge in [0.1, 0.15) is 0 Å². The maximum atomic E-state index is 13.1. The Balaban J connectivity index is 2.09. The Morgan fingerprint density at radius 3 is 2.30 bits per heavy atom. The van der Waals surface area contributed by atoms with Crippen LogP contribution in [0.15, 0.2) is 23.2 Å². The first kappa shape index (κ1) is 25.6. The van der Waals surface area contributed by atoms with E-state index >= 15 is 0 Å². The van der Waals surface area contributed by atoms with Crippen LogP contribution in [0, 0.1) is 5.92 Å². The van der Waals surface area contributed by atoms with Gasteiger partial charge in [0, 0.05) is 11.5 Å². The number of aliphatic carboxylic acids is 1. The Labute approximate surface area is 186 Å². The zero-order valence-corrected chi connectivity index (χ0v) is 17.4. The van der Waals surface area contributed by atoms with Gasteiger partial charge in [-0.15, -0.1) is 0 Å². The number of Topliss-reactive ketones (excluding diaryl/α,β-unsaturated/α-hetero) is 1. The lowest BCUT2D eigenvalue weighted by Crippen LogP contribution is -2.48. The molecule has 180 valence electrons. The van der Waals surface area contributed by atoms with Crippen molar-refractivity contribution in [3.05, 3.63) is 29.3 Å². The fraction of sp³-hybridized carbons (Fsp3) is 0.450. The number of nitrogens with one attached hydrogen (secondary N) is 2. The highest BCUT2D eigenvalue weighted by atomic mass is 19.4. The molecule has 1 saturated carbocycles. The number of amides is 2. The quantitative estimate of drug-likeness (QED) is 0.264. The lowest BCUT2D eigenvalue weighted by Gasteiger charge is -2.19. The summed E-state index contributed by atoms with van der Waals surface area (Å²) in [6, 6.07) is 0.945. The number of hydrogen-bond acceptors (Lipinski definition) is 5. The number of carboxylic acids is 1. The number of rotatable bonds is 9. The Morgan fingerprint density at radius 2 is 1.76 bits per heavy atom. The molecule has 0 aromatic heterocycles. The molecule has 10 nitrogen and oxygen atoms in total. The zero-order valence-electron chi connectivity index (χ0n) is 17.4. The SMILES string of the molecule is NC(N)=Nc1cc(C(=O)NCC(=O)NC(CC(=O)O)C(=O)C2CCCC2)cc(C(F)(F)F)c1. The number of carbonyl (C=O) groups excluding carboxylic acids is 3. The molecule has 7 N–H and O–H groups in total. The molecule has 2 amide bonds. The van der Waals surface area contributed by atoms with Crippen molar-refractivity contribution in [3.63, 3.8) is 0 Å². The molecule has 1 fully saturated rings. The third-order valence-electron chi connectivity index (χ3n) is 4.99. The van der Waals surface area contributed by atoms with Crippen molar-refractivity contribution in [3.8, 4) is 0 Å². The monoisotopic (exact) mass is 471 g/mol. The largest absolute Gasteiger partial charge is 0.481 e. The molecule has 2 rings (SSSR count). The normalized spacial score (nSPS) is 14.9. The highest BCUT2D eigenvalue weighted by Crippen LogP contribution is 2.33. The van der Waals surface area contributed by atoms with E-state index in [9.17, 15) is 32.3 Å². The second-order valence-corrected chi connectivity index (χ2v) is 7.59. The summed E-state index contributed by atoms with van der Waals surface area (Å²) in [7, 11) is 0. The van der Waals surface area contributed by atoms with Crippen molar-refractivity contribution >= 4 is 35.2 Å². The van der Waals surface area contributed by atoms with Crippen LogP contribution < -0.4 is 22.1 Å². The summed E-state index contributed by atoms with van der Waals surface area (Å²) in [6.45, 7) is -0.694. The molecule has 1 aromatic carbocycles. The van der Waals surface area contributed by atoms with Crippen molar-refractivity contribution in [1.29, 1.82) is 0 Å². The van der Waals surface area contributed by atoms with Gasteiger partial charge in [-0.2, -0.15) is 13.2 Å². The lowest BCUT2D eigenvalue weighted by molar-refractivity contribution is -0.141. The predicted molar refractivity (Wildman–Crippen MR) is 110 cm³/mol. The van der Waals surface area contributed by atoms with Crippen molar-refractivity contribution in [2.75, 3.05) is 6.54 Å². The average molecular weight is 471 g/mol. The Bertz CT molecular complexity index is 954. The highest BCUT2D eigenvalue weighted by molar-refractivity contribution is 5.99. The third-order valence-corrected chi connectivity index (χ3v) is 4.99. The van der Waals surface area contributed by atoms with Crippen LogP contribution in [-0.2, 0) is 20.6 Å². The first-order valence-corrected chi connectivity index (χ1v) is 10.0. The van der Waals surface area contributed by atoms with Gasteiger partial charge in [-0.05, 0) is 31.0 Å². The third kappa shape index (κ3) is 7.77. The van der Waals surface area contributed by atoms with E-state index in [1.165, 1.54) is 0 Å². The first-order valence-electron chi connectivity index (χ1n) is 10.0. The van der Waals surface area contributed by atoms with Crippen LogP contribution in [0.3, 0.4) is 0 Å². The second kappa shape index (κ2) is 10.8. The summed E-state index contributed by atoms with van der Waals surface area (Å²) in [6.07, 6.45) is -2.53. The Hall–Kier alpha value is -3.64. The fourth-order valence-electron chi connectivity index (χ4n) is 3.52. The minimum absolute atomic E-state index is 0.317. The smallest absolute Gasteiger partial charge is 0.416 e. The molecule has 0 saturated heterocycles. The number of carbonyl (C=O) groups is 4. The number of nitrogens with two attached hydrogens (primary N) is 2. The van der Waals surface area contributed by atoms with Crippen molar-refractivity contribution < 1.29 is 37.5 Å². The molecule has 0 aliphatic heterocycles. The van der Waals surface area contributed by atoms with Crippen LogP contribution in [-0.4, -0.2) is 47.2 Å². The fourth-order valence-corrected chi connectivity index (χ4v) is 3.52. The number of hydrogen-bond donors (Lipinski definition) is 5. The van der Waals surface area contributed by atoms with Crippen LogP contribution in [0.5, 0.6) is 0 Å². The minimum atomic E-state index is -4.79. The minimum Gasteiger partial charge on any atom is -0.481 e. The van der Waals surface area contributed by atoms with Crippen LogP contribution in [0.4, 0.5) is 18.9 Å². The number of nitrogens with zero attached hydrogens (tertiary/aromatic N) is 1. The number of carboxylic acid groups (broad SMARTS) is 1. The van der Waals surface area contributed by atoms with Gasteiger partial charge in [0.15, 0.2) is 11.7 Å². The van der Waals surface area contributed by atoms with Gasteiger partial charge in [0.2, 0.25) is 5.91 Å². The van der Waals surface area contributed by atoms with Crippen LogP contribution in [0.1, 0.15) is 48.0 Å². The van der Waals surface area contributed by atoms with E-state index in [0.717, 1.165) is 18.9 Å². The van der Waals surface area contributed by atoms with Crippen molar-refractivity contribution in [2.45, 2.75) is 44.3 Å². The molecule has 0 radical (unpaired) electrons. The van der Waals surface area contributed by atoms with Gasteiger partial charge in [-0.1, -0.05) is 12.8 Å². The molecule has 1 aliphatic rings. The number of halogens is 3. The molecule has 0 bridgehead atoms. The summed E-state index contributed by atoms with van der Waals surface area (Å²) in [4.78, 5) is 51.7. The summed E-state index contributed by atoms with van der Waals surface area (Å²) in [5, 5.41) is 13.5. The van der Waals surface area contributed by atoms with Gasteiger partial charge in [-0.3, -0.25) is 19.2 Å². The van der Waals surface area contributed by atoms with Gasteiger partial charge < -0.3 is 27.2 Å². The van der Waals surface area contributed by atoms with Crippen LogP contribution in [0.2, 0.25) is 0 Å². The van der Waals surface area contributed by atoms with Crippen LogP contribution in [0.25, 0.3) is 0 Å². The molecular formula is C20H24F3N5O5. The average Bonchev–Trinajstić information content (AvgIpc) is 3.24. The number of ketones is 1. The summed E-state index contributed by atoms with van der Waals surface area (Å²) in [5.74, 6) is -4.43. The van der Waals surface area contributed by atoms with E-state index < -0.39 is 65.8 Å². The van der Waals surface area contributed by atoms with Crippen molar-refractivity contribution in [1.82, 2.24) is 10.6 Å². The van der Waals surface area contributed by atoms with E-state index in [1.807, 2.05) is 0 Å². The van der Waals surface area contributed by atoms with E-state index in [1.54, 1.807) is 0 Å². The molecule has 0 spiro atoms. The van der Waals surface area contributed by atoms with Gasteiger partial charge in [0.05, 0.1) is 30.3 Å². The number of benzene rings is 1. The molecule has 13 heteroatoms. The van der Waals surface area contributed by atoms with Crippen molar-refractivity contribution in [2.24, 2.45) is 22.4 Å². The number of aliphatic imine (C=N–C) groups is 1. The summed E-state index contributed by atoms with van der Waals surface area (Å²) >= 11 is 0. The zero-order chi connectivity index (χ0) is 24.8. The molecule has 33 heavy (non-hydrogen) atoms. The van der Waals surface area contributed by atoms with E-state index in [-0.39, 0.29) is 11.6 Å². The second-order valence-electron chi connectivity index (χ2n) is 7.59. The van der Waals surface area contributed by atoms with Gasteiger partial charge in [0.25, 0.3) is 5.91 Å². The molecular weight excluding hydrogens is 447 g/mol. The molecule has 1 aromatic rings. The Kier molecular flexibility index (Phi) is 8.38. The van der Waals surface area contributed by atoms with Gasteiger partial charge in [-0.25, -0.2) is 4.99 Å². The molecule has 1 aliphatic carbocycles. The number of alkyl halides is 3. The van der Waals surface area contributed by atoms with E-state index in [2.05, 4.69) is 15.6 Å². The summed E-state index contributed by atoms with van der Waals surface area (Å²) in [5.41, 5.74) is 8.41. The summed E-state index contributed by atoms with van der Waals surface area (Å²) < 4.78 is 39.4. The Morgan fingerprint density at radius 1 is 1.12 bits per heavy atom. The van der Waals surface area contributed by atoms with Crippen LogP contribution >= 0.6 is 0 Å². The standard InChI is InChI=1S/C20H24F3N5O5/c21-20(22,23)12-5-11(6-13(7-12)27-19(24)25)18(33)26-9-15(29)28-14(8-16(30)31)17(32)10-3-1-2-4-10/h5-7,10,14H,1-4,8-9H2,(H,26,33)(H,28,29)(H,30,31)(H4,24,25,27). The topological polar surface area (TPSA) is 177 Å². The molecule has 1 unspecified atom stereocenters. The first-order chi connectivity index (χ1) is 15.4. The molecule has 1 atom stereocenters. The maximum Gasteiger partial charge on any atom is 0.416 e. The number of guanidine groups is 1. The highest BCUT2D eigenvalue weighted by Gasteiger charge is 2.33. The van der Waals surface area contributed by atoms with E-state index in [4.69, 9.17) is 16.6 Å². The van der Waals surface area contributed by atoms with E-state index in [0.29, 0.717) is 25.0 Å². The predicted octanol–water partition coefficient (Wildman–Crippen LogP) is 1.06. The lowest BCUT2D eigenvalue weighted by atomic mass is 9.94. The van der Waals surface area contributed by atoms with Gasteiger partial charge >= 0.3 is 12.1 Å². The molecule has 0 heterocycles. The maximum absolute atomic E-state index is 13.1.